The summed E-state index contributed by atoms with van der Waals surface area (Å²) in [6.07, 6.45) is 23.6. The van der Waals surface area contributed by atoms with Crippen molar-refractivity contribution >= 4 is 45.4 Å². The first kappa shape index (κ1) is 79.0. The zero-order valence-electron chi connectivity index (χ0n) is 67.1. The van der Waals surface area contributed by atoms with Crippen molar-refractivity contribution in [3.8, 4) is 80.9 Å². The molecule has 118 heavy (non-hydrogen) atoms. The fourth-order valence-electron chi connectivity index (χ4n) is 16.0. The molecule has 19 heterocycles. The number of methoxy groups -OCH3 is 2. The number of fused-ring (bicyclic) bond motifs is 5. The summed E-state index contributed by atoms with van der Waals surface area (Å²) in [6.45, 7) is 19.5. The summed E-state index contributed by atoms with van der Waals surface area (Å²) in [5.41, 5.74) is 8.21. The Balaban J connectivity index is 0.000000132. The lowest BCUT2D eigenvalue weighted by molar-refractivity contribution is -0.00877. The Morgan fingerprint density at radius 1 is 0.483 bits per heavy atom. The van der Waals surface area contributed by atoms with Crippen molar-refractivity contribution in [2.24, 2.45) is 11.8 Å². The molecular weight excluding hydrogens is 1500 g/mol. The molecule has 0 amide bonds. The van der Waals surface area contributed by atoms with E-state index in [4.69, 9.17) is 33.7 Å². The van der Waals surface area contributed by atoms with Crippen LogP contribution in [-0.4, -0.2) is 212 Å². The van der Waals surface area contributed by atoms with E-state index in [0.717, 1.165) is 160 Å². The molecule has 0 radical (unpaired) electrons. The highest BCUT2D eigenvalue weighted by Crippen LogP contribution is 2.42. The fourth-order valence-corrected chi connectivity index (χ4v) is 16.0. The topological polar surface area (TPSA) is 340 Å². The lowest BCUT2D eigenvalue weighted by atomic mass is 9.84. The summed E-state index contributed by atoms with van der Waals surface area (Å²) < 4.78 is 48.5. The maximum absolute atomic E-state index is 15.7. The Morgan fingerprint density at radius 2 is 0.958 bits per heavy atom. The summed E-state index contributed by atoms with van der Waals surface area (Å²) in [7, 11) is 3.19. The first-order valence-corrected chi connectivity index (χ1v) is 39.7. The second-order valence-corrected chi connectivity index (χ2v) is 32.6. The summed E-state index contributed by atoms with van der Waals surface area (Å²) in [5, 5.41) is 81.0. The number of pyridine rings is 8. The number of aliphatic hydroxyl groups is 3. The number of rotatable bonds is 21. The quantitative estimate of drug-likeness (QED) is 0.0601. The van der Waals surface area contributed by atoms with Crippen molar-refractivity contribution in [1.82, 2.24) is 68.9 Å². The first-order valence-electron chi connectivity index (χ1n) is 39.7. The van der Waals surface area contributed by atoms with Crippen LogP contribution in [0.4, 0.5) is 33.2 Å². The summed E-state index contributed by atoms with van der Waals surface area (Å²) in [5.74, 6) is 4.60. The van der Waals surface area contributed by atoms with Crippen LogP contribution in [0.5, 0.6) is 29.3 Å². The number of hydrogen-bond acceptors (Lipinski definition) is 27. The van der Waals surface area contributed by atoms with Gasteiger partial charge in [-0.3, -0.25) is 4.90 Å². The number of piperazine rings is 1. The van der Waals surface area contributed by atoms with Crippen LogP contribution in [-0.2, 0) is 6.54 Å². The highest BCUT2D eigenvalue weighted by molar-refractivity contribution is 5.89. The normalized spacial score (nSPS) is 17.4. The number of hydrogen-bond donors (Lipinski definition) is 3. The minimum absolute atomic E-state index is 0.0676. The fraction of sp³-hybridized carbons (Fsp3) is 0.391. The standard InChI is InChI=1S/C31H34N8O2.C29H32N8O3.C27H27FN6O3/c1-31(2,40)23-15-36(16-23)24-9-27(30-22(10-32)13-35-39(30)19-24)21-5-6-28(33-12-21)37-17-25-8-26(18-37)38(25)14-20-4-7-29(41-3)34-11-20;1-29(2,38)21-16-36(17-21)22-12-24(28-20(13-30)15-32-37(28)18-22)19-4-5-25(31-14-19)35-10-8-23(9-11-35)40-27-7-6-26(39-3)33-34-27;1-27(2,35)17-36-21-16-34-26(19(13-29)15-32-34)24(25(21)28)18-6-7-22(31-14-18)33-11-8-20(9-12-33)37-23-5-3-4-10-30-23/h4-7,9,11-13,19,23,25-26,40H,8,14-18H2,1-3H3;4-7,12,14-15,18,21,23,38H,8-11,16-17H2,1-3H3;3-7,10,14-16,20,35H,8-9,11-12,17H2,1-2H3. The maximum Gasteiger partial charge on any atom is 0.233 e. The van der Waals surface area contributed by atoms with E-state index in [1.54, 1.807) is 80.1 Å². The second kappa shape index (κ2) is 33.0. The van der Waals surface area contributed by atoms with Crippen LogP contribution in [0.25, 0.3) is 49.9 Å². The van der Waals surface area contributed by atoms with Gasteiger partial charge in [0.15, 0.2) is 11.6 Å². The van der Waals surface area contributed by atoms with Gasteiger partial charge in [0.25, 0.3) is 0 Å². The summed E-state index contributed by atoms with van der Waals surface area (Å²) in [4.78, 5) is 36.7. The van der Waals surface area contributed by atoms with Gasteiger partial charge in [0.2, 0.25) is 23.5 Å². The van der Waals surface area contributed by atoms with Crippen LogP contribution in [0, 0.1) is 51.6 Å². The van der Waals surface area contributed by atoms with E-state index in [-0.39, 0.29) is 47.5 Å². The van der Waals surface area contributed by atoms with Gasteiger partial charge in [0.1, 0.15) is 54.5 Å². The lowest BCUT2D eigenvalue weighted by Crippen LogP contribution is -2.68. The Kier molecular flexibility index (Phi) is 22.1. The van der Waals surface area contributed by atoms with E-state index in [0.29, 0.717) is 57.8 Å². The molecule has 12 aromatic rings. The van der Waals surface area contributed by atoms with Crippen LogP contribution in [0.1, 0.15) is 95.9 Å². The predicted molar refractivity (Wildman–Crippen MR) is 440 cm³/mol. The lowest BCUT2D eigenvalue weighted by Gasteiger charge is -2.56. The number of halogens is 1. The van der Waals surface area contributed by atoms with Gasteiger partial charge >= 0.3 is 0 Å². The Morgan fingerprint density at radius 3 is 1.40 bits per heavy atom. The minimum atomic E-state index is -1.15. The monoisotopic (exact) mass is 1590 g/mol. The number of piperidine rings is 3. The molecule has 12 aromatic heterocycles. The van der Waals surface area contributed by atoms with Crippen molar-refractivity contribution in [3.05, 3.63) is 187 Å². The van der Waals surface area contributed by atoms with Crippen LogP contribution in [0.3, 0.4) is 0 Å². The van der Waals surface area contributed by atoms with Gasteiger partial charge in [0.05, 0.1) is 118 Å². The van der Waals surface area contributed by atoms with Crippen molar-refractivity contribution in [2.45, 2.75) is 121 Å². The number of ether oxygens (including phenoxy) is 5. The molecule has 3 N–H and O–H groups in total. The molecule has 0 aliphatic carbocycles. The van der Waals surface area contributed by atoms with Gasteiger partial charge in [-0.2, -0.15) is 31.1 Å². The average molecular weight is 1590 g/mol. The molecule has 30 nitrogen and oxygen atoms in total. The Bertz CT molecular complexity index is 5660. The van der Waals surface area contributed by atoms with Gasteiger partial charge in [-0.25, -0.2) is 42.9 Å². The summed E-state index contributed by atoms with van der Waals surface area (Å²) in [6, 6.07) is 36.9. The number of aromatic nitrogens is 13. The third-order valence-electron chi connectivity index (χ3n) is 23.1. The molecule has 2 atom stereocenters. The van der Waals surface area contributed by atoms with E-state index >= 15 is 4.39 Å². The molecule has 0 aromatic carbocycles. The third kappa shape index (κ3) is 16.9. The smallest absolute Gasteiger partial charge is 0.233 e. The molecule has 31 heteroatoms. The van der Waals surface area contributed by atoms with Gasteiger partial charge in [0, 0.05) is 205 Å². The molecule has 7 fully saturated rings. The molecule has 7 aliphatic heterocycles. The molecule has 7 saturated heterocycles. The van der Waals surface area contributed by atoms with E-state index in [9.17, 15) is 31.1 Å². The van der Waals surface area contributed by atoms with E-state index in [2.05, 4.69) is 124 Å². The Hall–Kier alpha value is -12.9. The zero-order valence-corrected chi connectivity index (χ0v) is 67.1. The van der Waals surface area contributed by atoms with E-state index < -0.39 is 22.6 Å². The molecule has 7 aliphatic rings. The van der Waals surface area contributed by atoms with Crippen molar-refractivity contribution in [1.29, 1.82) is 15.8 Å². The van der Waals surface area contributed by atoms with E-state index in [1.807, 2.05) is 95.1 Å². The molecule has 2 unspecified atom stereocenters. The number of nitriles is 3. The number of anilines is 5. The average Bonchev–Trinajstić information content (AvgIpc) is 1.58. The molecule has 0 spiro atoms. The second-order valence-electron chi connectivity index (χ2n) is 32.6. The maximum atomic E-state index is 15.7. The van der Waals surface area contributed by atoms with Crippen LogP contribution in [0.2, 0.25) is 0 Å². The molecular formula is C87H93FN22O8. The van der Waals surface area contributed by atoms with Gasteiger partial charge in [-0.15, -0.1) is 10.2 Å². The van der Waals surface area contributed by atoms with Gasteiger partial charge in [-0.05, 0) is 108 Å². The predicted octanol–water partition coefficient (Wildman–Crippen LogP) is 10.7. The third-order valence-corrected chi connectivity index (χ3v) is 23.1. The van der Waals surface area contributed by atoms with Crippen LogP contribution >= 0.6 is 0 Å². The first-order chi connectivity index (χ1) is 56.9. The molecule has 2 bridgehead atoms. The Labute approximate surface area is 682 Å². The van der Waals surface area contributed by atoms with E-state index in [1.165, 1.54) is 28.9 Å². The zero-order chi connectivity index (χ0) is 82.2. The van der Waals surface area contributed by atoms with Crippen LogP contribution in [0.15, 0.2) is 159 Å². The SMILES string of the molecule is CC(C)(O)COc1cn2ncc(C#N)c2c(-c2ccc(N3CCC(Oc4ccccn4)CC3)nc2)c1F.COc1ccc(CN2C3CC2CN(c2ccc(-c4cc(N5CC(C(C)(C)O)C5)cn5ncc(C#N)c45)cn2)C3)cn1.COc1ccc(OC2CCN(c3ccc(-c4cc(N5CC(C(C)(C)O)C5)cn5ncc(C#N)c45)cn3)CC2)nn1. The number of nitrogens with zero attached hydrogens (tertiary/aromatic N) is 22. The van der Waals surface area contributed by atoms with Crippen molar-refractivity contribution in [3.63, 3.8) is 0 Å². The molecule has 0 saturated carbocycles. The van der Waals surface area contributed by atoms with Crippen molar-refractivity contribution < 1.29 is 43.4 Å². The highest BCUT2D eigenvalue weighted by atomic mass is 19.1. The van der Waals surface area contributed by atoms with Gasteiger partial charge < -0.3 is 63.5 Å². The molecule has 19 rings (SSSR count). The minimum Gasteiger partial charge on any atom is -0.486 e. The highest BCUT2D eigenvalue weighted by Gasteiger charge is 2.45. The largest absolute Gasteiger partial charge is 0.486 e. The van der Waals surface area contributed by atoms with Crippen LogP contribution < -0.4 is 48.2 Å². The van der Waals surface area contributed by atoms with Crippen molar-refractivity contribution in [2.75, 3.05) is 111 Å². The summed E-state index contributed by atoms with van der Waals surface area (Å²) >= 11 is 0. The van der Waals surface area contributed by atoms with Gasteiger partial charge in [-0.1, -0.05) is 12.1 Å². The molecule has 606 valence electrons.